The number of aliphatic hydroxyl groups excluding tert-OH is 4. The predicted molar refractivity (Wildman–Crippen MR) is 169 cm³/mol. The van der Waals surface area contributed by atoms with E-state index in [0.717, 1.165) is 0 Å². The number of hydrogen-bond acceptors (Lipinski definition) is 20. The zero-order valence-corrected chi connectivity index (χ0v) is 37.8. The summed E-state index contributed by atoms with van der Waals surface area (Å²) in [5.41, 5.74) is 0.818. The van der Waals surface area contributed by atoms with E-state index in [9.17, 15) is 30.6 Å². The molecule has 2 aromatic carbocycles. The summed E-state index contributed by atoms with van der Waals surface area (Å²) < 4.78 is 77.4. The fourth-order valence-corrected chi connectivity index (χ4v) is 5.60. The van der Waals surface area contributed by atoms with Gasteiger partial charge < -0.3 is 68.5 Å². The molecule has 4 aliphatic rings. The van der Waals surface area contributed by atoms with Gasteiger partial charge in [0.1, 0.15) is 48.8 Å². The van der Waals surface area contributed by atoms with Crippen molar-refractivity contribution in [3.05, 3.63) is 47.5 Å². The Hall–Kier alpha value is -2.12. The third kappa shape index (κ3) is 12.4. The maximum absolute atomic E-state index is 10.2. The Balaban J connectivity index is 0.000000254. The van der Waals surface area contributed by atoms with Crippen molar-refractivity contribution in [2.45, 2.75) is 87.7 Å². The molecule has 22 heteroatoms. The fraction of sp³-hybridized carbons (Fsp3) is 0.562. The van der Waals surface area contributed by atoms with Crippen LogP contribution in [0.15, 0.2) is 46.4 Å². The first-order valence-corrected chi connectivity index (χ1v) is 23.0. The van der Waals surface area contributed by atoms with Gasteiger partial charge in [0, 0.05) is 23.6 Å². The number of hydrogen-bond donors (Lipinski definition) is 6. The minimum absolute atomic E-state index is 0.0642. The van der Waals surface area contributed by atoms with E-state index in [-0.39, 0.29) is 24.7 Å². The molecular weight excluding hydrogens is 1180 g/mol. The average molecular weight is 1220 g/mol. The van der Waals surface area contributed by atoms with Crippen LogP contribution in [-0.4, -0.2) is 144 Å². The maximum atomic E-state index is 10.2. The molecule has 6 N–H and O–H groups in total. The summed E-state index contributed by atoms with van der Waals surface area (Å²) in [5.74, 6) is 0.496. The molecule has 4 heterocycles. The molecule has 4 fully saturated rings. The molecule has 12 unspecified atom stereocenters. The van der Waals surface area contributed by atoms with Crippen LogP contribution >= 0.6 is 0 Å². The second kappa shape index (κ2) is 23.2. The van der Waals surface area contributed by atoms with Gasteiger partial charge in [0.25, 0.3) is 0 Å². The van der Waals surface area contributed by atoms with Crippen LogP contribution in [0, 0.1) is 55.6 Å². The summed E-state index contributed by atoms with van der Waals surface area (Å²) in [6.45, 7) is 3.91. The van der Waals surface area contributed by atoms with Gasteiger partial charge in [0.15, 0.2) is 48.0 Å². The van der Waals surface area contributed by atoms with Crippen LogP contribution in [0.3, 0.4) is 0 Å². The zero-order valence-electron chi connectivity index (χ0n) is 29.4. The molecule has 296 valence electrons. The van der Waals surface area contributed by atoms with Crippen molar-refractivity contribution in [2.24, 2.45) is 9.98 Å². The Kier molecular flexibility index (Phi) is 19.9. The molecular formula is C32H42N2O18U2. The van der Waals surface area contributed by atoms with E-state index in [0.29, 0.717) is 22.6 Å². The number of phenols is 2. The van der Waals surface area contributed by atoms with Gasteiger partial charge in [-0.25, -0.2) is 0 Å². The number of fused-ring (bicyclic) bond motifs is 2. The van der Waals surface area contributed by atoms with Crippen molar-refractivity contribution in [2.75, 3.05) is 27.4 Å². The van der Waals surface area contributed by atoms with Gasteiger partial charge in [0.05, 0.1) is 27.4 Å². The summed E-state index contributed by atoms with van der Waals surface area (Å²) in [4.78, 5) is 8.29. The fourth-order valence-electron chi connectivity index (χ4n) is 5.60. The molecule has 2 aromatic rings. The predicted octanol–water partition coefficient (Wildman–Crippen LogP) is -0.420. The summed E-state index contributed by atoms with van der Waals surface area (Å²) in [6, 6.07) is 9.92. The van der Waals surface area contributed by atoms with Crippen LogP contribution < -0.4 is 9.47 Å². The van der Waals surface area contributed by atoms with Crippen LogP contribution in [0.25, 0.3) is 0 Å². The molecule has 0 spiro atoms. The quantitative estimate of drug-likeness (QED) is 0.200. The second-order valence-electron chi connectivity index (χ2n) is 11.6. The first kappa shape index (κ1) is 46.3. The third-order valence-corrected chi connectivity index (χ3v) is 8.23. The molecule has 20 nitrogen and oxygen atoms in total. The zero-order chi connectivity index (χ0) is 39.9. The first-order chi connectivity index (χ1) is 25.8. The number of phenolic OH excluding ortho intramolecular Hbond substituents is 2. The molecule has 0 saturated carbocycles. The van der Waals surface area contributed by atoms with Gasteiger partial charge in [-0.05, 0) is 38.1 Å². The van der Waals surface area contributed by atoms with E-state index in [1.54, 1.807) is 50.2 Å². The normalized spacial score (nSPS) is 32.7. The minimum atomic E-state index is -2.51. The van der Waals surface area contributed by atoms with Crippen molar-refractivity contribution in [1.82, 2.24) is 0 Å². The van der Waals surface area contributed by atoms with Gasteiger partial charge in [0.2, 0.25) is 0 Å². The topological polar surface area (TPSA) is 288 Å². The first-order valence-electron chi connectivity index (χ1n) is 16.2. The SMILES string of the molecule is COc1cccc(/C=N\C2OC3COC(C)OC3C(O)C2O)c1O.COc1cccc(/C=N\C2OC3COC(C)OC3C(O)C2O)c1O.[O]=[U]=[O].[O]=[U]=[O]. The van der Waals surface area contributed by atoms with Gasteiger partial charge in [-0.2, -0.15) is 0 Å². The number of ether oxygens (including phenoxy) is 8. The Morgan fingerprint density at radius 2 is 0.981 bits per heavy atom. The van der Waals surface area contributed by atoms with E-state index < -0.39 is 130 Å². The number of benzene rings is 2. The number of aliphatic imine (C=N–C) groups is 2. The molecule has 0 aromatic heterocycles. The van der Waals surface area contributed by atoms with Gasteiger partial charge in [-0.15, -0.1) is 0 Å². The molecule has 4 aliphatic heterocycles. The monoisotopic (exact) mass is 1220 g/mol. The Bertz CT molecular complexity index is 1500. The summed E-state index contributed by atoms with van der Waals surface area (Å²) in [7, 11) is 2.90. The van der Waals surface area contributed by atoms with Gasteiger partial charge in [-0.1, -0.05) is 12.1 Å². The van der Waals surface area contributed by atoms with Crippen molar-refractivity contribution in [3.8, 4) is 23.0 Å². The average Bonchev–Trinajstić information content (AvgIpc) is 3.16. The number of para-hydroxylation sites is 2. The van der Waals surface area contributed by atoms with Gasteiger partial charge >= 0.3 is 64.6 Å². The molecule has 6 rings (SSSR count). The number of rotatable bonds is 6. The van der Waals surface area contributed by atoms with Crippen molar-refractivity contribution >= 4 is 12.4 Å². The van der Waals surface area contributed by atoms with E-state index in [2.05, 4.69) is 9.98 Å². The number of aromatic hydroxyl groups is 2. The van der Waals surface area contributed by atoms with E-state index in [4.69, 9.17) is 46.8 Å². The molecule has 12 atom stereocenters. The number of nitrogens with zero attached hydrogens (tertiary/aromatic N) is 2. The van der Waals surface area contributed by atoms with Crippen molar-refractivity contribution < 1.29 is 133 Å². The van der Waals surface area contributed by atoms with Crippen LogP contribution in [0.1, 0.15) is 25.0 Å². The van der Waals surface area contributed by atoms with Crippen LogP contribution in [0.5, 0.6) is 23.0 Å². The van der Waals surface area contributed by atoms with Gasteiger partial charge in [-0.3, -0.25) is 9.98 Å². The number of methoxy groups -OCH3 is 2. The molecule has 0 amide bonds. The number of aliphatic hydroxyl groups is 4. The van der Waals surface area contributed by atoms with E-state index >= 15 is 0 Å². The summed E-state index contributed by atoms with van der Waals surface area (Å²) in [5, 5.41) is 61.0. The third-order valence-electron chi connectivity index (χ3n) is 8.23. The molecule has 4 saturated heterocycles. The second-order valence-corrected chi connectivity index (χ2v) is 13.0. The van der Waals surface area contributed by atoms with Crippen molar-refractivity contribution in [1.29, 1.82) is 0 Å². The van der Waals surface area contributed by atoms with E-state index in [1.807, 2.05) is 0 Å². The van der Waals surface area contributed by atoms with Crippen LogP contribution in [0.2, 0.25) is 0 Å². The molecule has 0 radical (unpaired) electrons. The Morgan fingerprint density at radius 1 is 0.630 bits per heavy atom. The molecule has 0 aliphatic carbocycles. The molecule has 0 bridgehead atoms. The van der Waals surface area contributed by atoms with E-state index in [1.165, 1.54) is 26.6 Å². The summed E-state index contributed by atoms with van der Waals surface area (Å²) >= 11 is -5.01. The Morgan fingerprint density at radius 3 is 1.31 bits per heavy atom. The standard InChI is InChI=1S/2C16H21NO7.4O.2U/c2*1-8-22-7-11-15(23-8)13(19)14(20)16(24-11)17-6-9-4-3-5-10(21-2)12(9)18;;;;;;/h2*3-6,8,11,13-16,18-20H,7H2,1-2H3;;;;;;/b2*17-6-;;;;;;. The molecule has 54 heavy (non-hydrogen) atoms. The van der Waals surface area contributed by atoms with Crippen LogP contribution in [-0.2, 0) is 37.4 Å². The van der Waals surface area contributed by atoms with Crippen LogP contribution in [0.4, 0.5) is 0 Å². The Labute approximate surface area is 338 Å². The van der Waals surface area contributed by atoms with Crippen molar-refractivity contribution in [3.63, 3.8) is 0 Å². The summed E-state index contributed by atoms with van der Waals surface area (Å²) in [6.07, 6.45) is -7.36.